The second-order valence-corrected chi connectivity index (χ2v) is 12.4. The number of amides is 3. The van der Waals surface area contributed by atoms with Gasteiger partial charge in [0.05, 0.1) is 12.8 Å². The number of hydrogen-bond donors (Lipinski definition) is 3. The molecule has 264 valence electrons. The highest BCUT2D eigenvalue weighted by molar-refractivity contribution is 5.77. The summed E-state index contributed by atoms with van der Waals surface area (Å²) in [5.41, 5.74) is 0.347. The molecule has 1 aromatic heterocycles. The Morgan fingerprint density at radius 1 is 0.938 bits per heavy atom. The Hall–Kier alpha value is -4.30. The Labute approximate surface area is 279 Å². The molecule has 2 atom stereocenters. The van der Waals surface area contributed by atoms with Gasteiger partial charge in [-0.15, -0.1) is 0 Å². The second-order valence-electron chi connectivity index (χ2n) is 12.4. The molecule has 3 amide bonds. The van der Waals surface area contributed by atoms with Gasteiger partial charge in [-0.3, -0.25) is 14.4 Å². The lowest BCUT2D eigenvalue weighted by Gasteiger charge is -2.39. The molecule has 0 aliphatic carbocycles. The first kappa shape index (κ1) is 36.5. The molecular weight excluding hydrogens is 629 g/mol. The first-order valence-electron chi connectivity index (χ1n) is 16.6. The van der Waals surface area contributed by atoms with Crippen LogP contribution in [-0.2, 0) is 20.6 Å². The zero-order valence-corrected chi connectivity index (χ0v) is 28.2. The Morgan fingerprint density at radius 3 is 2.06 bits per heavy atom. The fourth-order valence-electron chi connectivity index (χ4n) is 6.24. The smallest absolute Gasteiger partial charge is 0.421 e. The van der Waals surface area contributed by atoms with Gasteiger partial charge in [0, 0.05) is 90.1 Å². The van der Waals surface area contributed by atoms with Crippen LogP contribution in [0.15, 0.2) is 24.4 Å². The van der Waals surface area contributed by atoms with E-state index in [1.54, 1.807) is 17.9 Å². The molecule has 2 aromatic rings. The minimum Gasteiger partial charge on any atom is -0.494 e. The molecule has 48 heavy (non-hydrogen) atoms. The molecule has 0 radical (unpaired) electrons. The molecule has 2 saturated heterocycles. The van der Waals surface area contributed by atoms with E-state index in [0.29, 0.717) is 57.1 Å². The summed E-state index contributed by atoms with van der Waals surface area (Å²) in [5, 5.41) is 8.72. The fourth-order valence-corrected chi connectivity index (χ4v) is 6.24. The average molecular weight is 677 g/mol. The van der Waals surface area contributed by atoms with Crippen molar-refractivity contribution in [1.82, 2.24) is 25.5 Å². The molecule has 0 saturated carbocycles. The number of ether oxygens (including phenoxy) is 1. The maximum atomic E-state index is 14.4. The highest BCUT2D eigenvalue weighted by Crippen LogP contribution is 2.39. The number of aromatic nitrogens is 2. The lowest BCUT2D eigenvalue weighted by molar-refractivity contribution is -0.137. The summed E-state index contributed by atoms with van der Waals surface area (Å²) in [6.45, 7) is 9.30. The van der Waals surface area contributed by atoms with Crippen molar-refractivity contribution in [3.63, 3.8) is 0 Å². The zero-order valence-electron chi connectivity index (χ0n) is 28.2. The van der Waals surface area contributed by atoms with Crippen LogP contribution in [0.5, 0.6) is 5.75 Å². The Kier molecular flexibility index (Phi) is 12.7. The topological polar surface area (TPSA) is 132 Å². The van der Waals surface area contributed by atoms with Crippen LogP contribution in [0.25, 0.3) is 0 Å². The average Bonchev–Trinajstić information content (AvgIpc) is 3.06. The minimum atomic E-state index is -4.74. The first-order chi connectivity index (χ1) is 22.9. The van der Waals surface area contributed by atoms with Gasteiger partial charge in [0.1, 0.15) is 17.1 Å². The third-order valence-corrected chi connectivity index (χ3v) is 8.61. The maximum Gasteiger partial charge on any atom is 0.421 e. The van der Waals surface area contributed by atoms with Crippen molar-refractivity contribution in [1.29, 1.82) is 0 Å². The number of halogens is 3. The number of benzene rings is 1. The quantitative estimate of drug-likeness (QED) is 0.286. The van der Waals surface area contributed by atoms with Gasteiger partial charge in [0.15, 0.2) is 0 Å². The van der Waals surface area contributed by atoms with Crippen LogP contribution < -0.4 is 30.5 Å². The monoisotopic (exact) mass is 676 g/mol. The molecule has 3 heterocycles. The number of piperidine rings is 1. The number of carbonyl (C=O) groups excluding carboxylic acids is 3. The molecule has 3 N–H and O–H groups in total. The van der Waals surface area contributed by atoms with Crippen LogP contribution in [0.2, 0.25) is 0 Å². The van der Waals surface area contributed by atoms with Crippen LogP contribution in [-0.4, -0.2) is 92.1 Å². The molecule has 2 fully saturated rings. The molecule has 2 aliphatic heterocycles. The van der Waals surface area contributed by atoms with Crippen LogP contribution in [0.1, 0.15) is 58.4 Å². The van der Waals surface area contributed by atoms with Gasteiger partial charge in [-0.25, -0.2) is 4.98 Å². The van der Waals surface area contributed by atoms with E-state index >= 15 is 0 Å². The number of hydrogen-bond acceptors (Lipinski definition) is 9. The van der Waals surface area contributed by atoms with E-state index in [-0.39, 0.29) is 67.3 Å². The van der Waals surface area contributed by atoms with Crippen molar-refractivity contribution < 1.29 is 32.3 Å². The van der Waals surface area contributed by atoms with Crippen molar-refractivity contribution in [3.05, 3.63) is 30.0 Å². The summed E-state index contributed by atoms with van der Waals surface area (Å²) in [5.74, 6) is -0.788. The number of piperazine rings is 1. The second kappa shape index (κ2) is 16.7. The van der Waals surface area contributed by atoms with Crippen molar-refractivity contribution >= 4 is 40.9 Å². The number of rotatable bonds is 13. The Balaban J connectivity index is 1.60. The number of nitrogens with zero attached hydrogens (tertiary/aromatic N) is 5. The third kappa shape index (κ3) is 9.86. The van der Waals surface area contributed by atoms with Gasteiger partial charge in [-0.1, -0.05) is 13.8 Å². The Bertz CT molecular complexity index is 1390. The SMILES string of the molecule is CCCNC(=O)C[C@@H]1C[C@H](CC(=O)NCCC)CN(c2nc(Nc3ccc(N4CCN(C(C)=O)CC4)cc3OC)ncc2C(F)(F)F)C1. The molecule has 0 bridgehead atoms. The summed E-state index contributed by atoms with van der Waals surface area (Å²) in [6.07, 6.45) is -1.65. The molecule has 4 rings (SSSR count). The van der Waals surface area contributed by atoms with Crippen molar-refractivity contribution in [2.75, 3.05) is 74.6 Å². The molecule has 1 aromatic carbocycles. The minimum absolute atomic E-state index is 0.0354. The van der Waals surface area contributed by atoms with E-state index in [1.807, 2.05) is 26.0 Å². The van der Waals surface area contributed by atoms with Gasteiger partial charge >= 0.3 is 6.18 Å². The molecule has 15 heteroatoms. The van der Waals surface area contributed by atoms with Crippen molar-refractivity contribution in [2.24, 2.45) is 11.8 Å². The normalized spacial score (nSPS) is 18.4. The molecular formula is C33H47F3N8O4. The predicted molar refractivity (Wildman–Crippen MR) is 177 cm³/mol. The zero-order chi connectivity index (χ0) is 34.8. The summed E-state index contributed by atoms with van der Waals surface area (Å²) >= 11 is 0. The summed E-state index contributed by atoms with van der Waals surface area (Å²) < 4.78 is 48.7. The number of nitrogens with one attached hydrogen (secondary N) is 3. The van der Waals surface area contributed by atoms with Crippen LogP contribution in [0.4, 0.5) is 36.3 Å². The summed E-state index contributed by atoms with van der Waals surface area (Å²) in [4.78, 5) is 50.8. The summed E-state index contributed by atoms with van der Waals surface area (Å²) in [6, 6.07) is 5.44. The molecule has 0 unspecified atom stereocenters. The van der Waals surface area contributed by atoms with E-state index in [1.165, 1.54) is 12.0 Å². The van der Waals surface area contributed by atoms with Crippen molar-refractivity contribution in [2.45, 2.75) is 59.1 Å². The molecule has 2 aliphatic rings. The number of alkyl halides is 3. The summed E-state index contributed by atoms with van der Waals surface area (Å²) in [7, 11) is 1.50. The van der Waals surface area contributed by atoms with Gasteiger partial charge in [0.25, 0.3) is 0 Å². The van der Waals surface area contributed by atoms with E-state index < -0.39 is 11.7 Å². The fraction of sp³-hybridized carbons (Fsp3) is 0.606. The van der Waals surface area contributed by atoms with E-state index in [2.05, 4.69) is 30.8 Å². The highest BCUT2D eigenvalue weighted by atomic mass is 19.4. The maximum absolute atomic E-state index is 14.4. The number of carbonyl (C=O) groups is 3. The van der Waals surface area contributed by atoms with Gasteiger partial charge < -0.3 is 35.4 Å². The van der Waals surface area contributed by atoms with E-state index in [4.69, 9.17) is 4.74 Å². The van der Waals surface area contributed by atoms with Gasteiger partial charge in [0.2, 0.25) is 23.7 Å². The lowest BCUT2D eigenvalue weighted by atomic mass is 9.84. The first-order valence-corrected chi connectivity index (χ1v) is 16.6. The van der Waals surface area contributed by atoms with Crippen LogP contribution in [0.3, 0.4) is 0 Å². The van der Waals surface area contributed by atoms with Crippen LogP contribution >= 0.6 is 0 Å². The third-order valence-electron chi connectivity index (χ3n) is 8.61. The highest BCUT2D eigenvalue weighted by Gasteiger charge is 2.39. The lowest BCUT2D eigenvalue weighted by Crippen LogP contribution is -2.48. The predicted octanol–water partition coefficient (Wildman–Crippen LogP) is 4.19. The number of methoxy groups -OCH3 is 1. The van der Waals surface area contributed by atoms with E-state index in [9.17, 15) is 27.6 Å². The number of anilines is 4. The Morgan fingerprint density at radius 2 is 1.54 bits per heavy atom. The van der Waals surface area contributed by atoms with E-state index in [0.717, 1.165) is 24.7 Å². The largest absolute Gasteiger partial charge is 0.494 e. The van der Waals surface area contributed by atoms with Crippen LogP contribution in [0, 0.1) is 11.8 Å². The van der Waals surface area contributed by atoms with Crippen molar-refractivity contribution in [3.8, 4) is 5.75 Å². The molecule has 12 nitrogen and oxygen atoms in total. The molecule has 0 spiro atoms. The van der Waals surface area contributed by atoms with Gasteiger partial charge in [-0.05, 0) is 43.2 Å². The van der Waals surface area contributed by atoms with Gasteiger partial charge in [-0.2, -0.15) is 18.2 Å². The standard InChI is InChI=1S/C33H47F3N8O4/c1-5-9-37-29(46)16-23-15-24(17-30(47)38-10-6-2)21-44(20-23)31-26(33(34,35)36)19-39-32(41-31)40-27-8-7-25(18-28(27)48-4)43-13-11-42(12-14-43)22(3)45/h7-8,18-19,23-24H,5-6,9-17,20-21H2,1-4H3,(H,37,46)(H,38,47)(H,39,40,41)/t23-,24+.